The van der Waals surface area contributed by atoms with Crippen LogP contribution < -0.4 is 0 Å². The summed E-state index contributed by atoms with van der Waals surface area (Å²) >= 11 is 1.94. The van der Waals surface area contributed by atoms with Crippen molar-refractivity contribution < 1.29 is 9.53 Å². The van der Waals surface area contributed by atoms with E-state index in [1.165, 1.54) is 160 Å². The maximum absolute atomic E-state index is 12.3. The highest BCUT2D eigenvalue weighted by Crippen LogP contribution is 2.20. The third-order valence-electron chi connectivity index (χ3n) is 7.50. The second-order valence-electron chi connectivity index (χ2n) is 11.2. The van der Waals surface area contributed by atoms with Crippen molar-refractivity contribution in [1.29, 1.82) is 0 Å². The van der Waals surface area contributed by atoms with Crippen LogP contribution in [0, 0.1) is 5.92 Å². The molecule has 0 aromatic heterocycles. The van der Waals surface area contributed by atoms with Gasteiger partial charge in [0.2, 0.25) is 0 Å². The lowest BCUT2D eigenvalue weighted by Crippen LogP contribution is -2.15. The zero-order valence-corrected chi connectivity index (χ0v) is 25.9. The Morgan fingerprint density at radius 2 is 0.917 bits per heavy atom. The molecule has 0 spiro atoms. The van der Waals surface area contributed by atoms with E-state index in [0.717, 1.165) is 5.75 Å². The first kappa shape index (κ1) is 35.8. The second-order valence-corrected chi connectivity index (χ2v) is 12.4. The van der Waals surface area contributed by atoms with Gasteiger partial charge in [0.05, 0.1) is 13.0 Å². The number of ether oxygens (including phenoxy) is 1. The zero-order chi connectivity index (χ0) is 26.4. The normalized spacial score (nSPS) is 12.2. The number of thioether (sulfide) groups is 1. The fourth-order valence-corrected chi connectivity index (χ4v) is 5.89. The van der Waals surface area contributed by atoms with E-state index in [1.807, 2.05) is 11.8 Å². The summed E-state index contributed by atoms with van der Waals surface area (Å²) in [5.74, 6) is 2.73. The molecule has 1 unspecified atom stereocenters. The molecule has 1 atom stereocenters. The van der Waals surface area contributed by atoms with E-state index in [9.17, 15) is 4.79 Å². The summed E-state index contributed by atoms with van der Waals surface area (Å²) in [6, 6.07) is 0. The van der Waals surface area contributed by atoms with E-state index in [-0.39, 0.29) is 5.97 Å². The highest BCUT2D eigenvalue weighted by Gasteiger charge is 2.12. The lowest BCUT2D eigenvalue weighted by atomic mass is 9.95. The van der Waals surface area contributed by atoms with Crippen molar-refractivity contribution in [2.24, 2.45) is 5.92 Å². The van der Waals surface area contributed by atoms with E-state index in [1.54, 1.807) is 0 Å². The third kappa shape index (κ3) is 28.4. The van der Waals surface area contributed by atoms with Crippen LogP contribution in [0.2, 0.25) is 0 Å². The Hall–Kier alpha value is -0.180. The minimum absolute atomic E-state index is 0.0288. The van der Waals surface area contributed by atoms with Gasteiger partial charge in [0.1, 0.15) is 0 Å². The van der Waals surface area contributed by atoms with Crippen molar-refractivity contribution >= 4 is 17.7 Å². The zero-order valence-electron chi connectivity index (χ0n) is 25.1. The monoisotopic (exact) mass is 526 g/mol. The van der Waals surface area contributed by atoms with Crippen molar-refractivity contribution in [2.75, 3.05) is 18.1 Å². The van der Waals surface area contributed by atoms with Gasteiger partial charge in [0.15, 0.2) is 0 Å². The van der Waals surface area contributed by atoms with Gasteiger partial charge in [-0.2, -0.15) is 11.8 Å². The fourth-order valence-electron chi connectivity index (χ4n) is 4.97. The van der Waals surface area contributed by atoms with E-state index >= 15 is 0 Å². The number of rotatable bonds is 30. The second kappa shape index (κ2) is 31.0. The number of hydrogen-bond acceptors (Lipinski definition) is 3. The van der Waals surface area contributed by atoms with E-state index in [2.05, 4.69) is 20.8 Å². The first-order valence-corrected chi connectivity index (χ1v) is 17.6. The van der Waals surface area contributed by atoms with Crippen LogP contribution in [0.5, 0.6) is 0 Å². The molecule has 3 heteroatoms. The third-order valence-corrected chi connectivity index (χ3v) is 8.57. The summed E-state index contributed by atoms with van der Waals surface area (Å²) in [7, 11) is 0. The van der Waals surface area contributed by atoms with Crippen LogP contribution >= 0.6 is 11.8 Å². The van der Waals surface area contributed by atoms with Crippen LogP contribution in [0.1, 0.15) is 181 Å². The molecule has 0 bridgehead atoms. The highest BCUT2D eigenvalue weighted by molar-refractivity contribution is 7.99. The Bertz CT molecular complexity index is 426. The van der Waals surface area contributed by atoms with Crippen LogP contribution in [0.4, 0.5) is 0 Å². The van der Waals surface area contributed by atoms with Crippen molar-refractivity contribution in [3.8, 4) is 0 Å². The smallest absolute Gasteiger partial charge is 0.306 e. The van der Waals surface area contributed by atoms with Crippen LogP contribution in [0.3, 0.4) is 0 Å². The van der Waals surface area contributed by atoms with Crippen molar-refractivity contribution in [3.63, 3.8) is 0 Å². The van der Waals surface area contributed by atoms with Crippen molar-refractivity contribution in [1.82, 2.24) is 0 Å². The van der Waals surface area contributed by atoms with Gasteiger partial charge in [-0.15, -0.1) is 0 Å². The Morgan fingerprint density at radius 1 is 0.528 bits per heavy atom. The van der Waals surface area contributed by atoms with Gasteiger partial charge in [0, 0.05) is 5.75 Å². The van der Waals surface area contributed by atoms with Gasteiger partial charge in [-0.25, -0.2) is 0 Å². The van der Waals surface area contributed by atoms with E-state index in [0.29, 0.717) is 18.9 Å². The summed E-state index contributed by atoms with van der Waals surface area (Å²) < 4.78 is 5.75. The lowest BCUT2D eigenvalue weighted by molar-refractivity contribution is -0.144. The Kier molecular flexibility index (Phi) is 30.9. The molecule has 0 aliphatic carbocycles. The molecular formula is C33H66O2S. The first-order chi connectivity index (χ1) is 17.7. The molecule has 0 saturated carbocycles. The maximum atomic E-state index is 12.3. The lowest BCUT2D eigenvalue weighted by Gasteiger charge is -2.17. The fraction of sp³-hybridized carbons (Fsp3) is 0.970. The van der Waals surface area contributed by atoms with Gasteiger partial charge in [-0.05, 0) is 30.9 Å². The van der Waals surface area contributed by atoms with Gasteiger partial charge in [0.25, 0.3) is 0 Å². The van der Waals surface area contributed by atoms with Gasteiger partial charge >= 0.3 is 5.97 Å². The average Bonchev–Trinajstić information content (AvgIpc) is 2.88. The van der Waals surface area contributed by atoms with Gasteiger partial charge in [-0.1, -0.05) is 156 Å². The van der Waals surface area contributed by atoms with Crippen molar-refractivity contribution in [3.05, 3.63) is 0 Å². The van der Waals surface area contributed by atoms with Gasteiger partial charge < -0.3 is 4.74 Å². The molecular weight excluding hydrogens is 460 g/mol. The number of unbranched alkanes of at least 4 members (excludes halogenated alkanes) is 19. The molecule has 2 nitrogen and oxygen atoms in total. The molecule has 0 N–H and O–H groups in total. The summed E-state index contributed by atoms with van der Waals surface area (Å²) in [5, 5.41) is 0. The maximum Gasteiger partial charge on any atom is 0.306 e. The van der Waals surface area contributed by atoms with Crippen LogP contribution in [-0.4, -0.2) is 24.1 Å². The van der Waals surface area contributed by atoms with Crippen LogP contribution in [0.15, 0.2) is 0 Å². The highest BCUT2D eigenvalue weighted by atomic mass is 32.2. The van der Waals surface area contributed by atoms with Crippen molar-refractivity contribution in [2.45, 2.75) is 181 Å². The SMILES string of the molecule is CCCCCCCCCCCCSCCC(=O)OCC(CCCCCCC)CCCCCCCCC. The van der Waals surface area contributed by atoms with E-state index < -0.39 is 0 Å². The number of hydrogen-bond donors (Lipinski definition) is 0. The molecule has 0 aromatic carbocycles. The average molecular weight is 527 g/mol. The largest absolute Gasteiger partial charge is 0.465 e. The summed E-state index contributed by atoms with van der Waals surface area (Å²) in [6.07, 6.45) is 33.1. The molecule has 36 heavy (non-hydrogen) atoms. The standard InChI is InChI=1S/C33H66O2S/c1-4-7-10-13-15-16-17-19-22-25-29-36-30-28-33(34)35-31-32(26-23-20-12-9-6-3)27-24-21-18-14-11-8-5-2/h32H,4-31H2,1-3H3. The first-order valence-electron chi connectivity index (χ1n) is 16.5. The predicted octanol–water partition coefficient (Wildman–Crippen LogP) is 11.7. The van der Waals surface area contributed by atoms with E-state index in [4.69, 9.17) is 4.74 Å². The number of carbonyl (C=O) groups excluding carboxylic acids is 1. The molecule has 0 radical (unpaired) electrons. The minimum atomic E-state index is 0.0288. The Morgan fingerprint density at radius 3 is 1.36 bits per heavy atom. The van der Waals surface area contributed by atoms with Gasteiger partial charge in [-0.3, -0.25) is 4.79 Å². The minimum Gasteiger partial charge on any atom is -0.465 e. The summed E-state index contributed by atoms with van der Waals surface area (Å²) in [4.78, 5) is 12.3. The molecule has 0 fully saturated rings. The predicted molar refractivity (Wildman–Crippen MR) is 164 cm³/mol. The molecule has 216 valence electrons. The molecule has 0 aromatic rings. The quantitative estimate of drug-likeness (QED) is 0.0687. The molecule has 0 heterocycles. The Balaban J connectivity index is 3.79. The van der Waals surface area contributed by atoms with Crippen LogP contribution in [0.25, 0.3) is 0 Å². The molecule has 0 saturated heterocycles. The van der Waals surface area contributed by atoms with Crippen LogP contribution in [-0.2, 0) is 9.53 Å². The molecule has 0 rings (SSSR count). The molecule has 0 aliphatic heterocycles. The molecule has 0 aliphatic rings. The topological polar surface area (TPSA) is 26.3 Å². The Labute approximate surface area is 232 Å². The number of esters is 1. The molecule has 0 amide bonds. The summed E-state index contributed by atoms with van der Waals surface area (Å²) in [6.45, 7) is 7.50. The summed E-state index contributed by atoms with van der Waals surface area (Å²) in [5.41, 5.74) is 0. The number of carbonyl (C=O) groups is 1.